The first-order valence-corrected chi connectivity index (χ1v) is 6.47. The zero-order valence-corrected chi connectivity index (χ0v) is 11.9. The van der Waals surface area contributed by atoms with Crippen molar-refractivity contribution in [3.8, 4) is 0 Å². The zero-order chi connectivity index (χ0) is 14.8. The molecule has 1 amide bonds. The standard InChI is InChI=1S/C13H23NO5/c1-12(2,3)19-11(17)14-9(10(15)16)8-6-5-7-13(8,4)18/h8-9,18H,5-7H2,1-4H3,(H,14,17)(H,15,16). The Kier molecular flexibility index (Phi) is 4.45. The van der Waals surface area contributed by atoms with Gasteiger partial charge in [0.25, 0.3) is 0 Å². The Bertz CT molecular complexity index is 359. The Morgan fingerprint density at radius 1 is 1.42 bits per heavy atom. The van der Waals surface area contributed by atoms with E-state index in [0.717, 1.165) is 6.42 Å². The van der Waals surface area contributed by atoms with Crippen LogP contribution in [0.2, 0.25) is 0 Å². The van der Waals surface area contributed by atoms with Crippen LogP contribution in [0.15, 0.2) is 0 Å². The van der Waals surface area contributed by atoms with E-state index < -0.39 is 35.2 Å². The topological polar surface area (TPSA) is 95.9 Å². The fraction of sp³-hybridized carbons (Fsp3) is 0.846. The second kappa shape index (κ2) is 5.36. The number of carbonyl (C=O) groups is 2. The number of rotatable bonds is 3. The van der Waals surface area contributed by atoms with Crippen LogP contribution in [0.1, 0.15) is 47.0 Å². The Hall–Kier alpha value is -1.30. The molecule has 0 aromatic carbocycles. The number of amides is 1. The Labute approximate surface area is 113 Å². The molecule has 1 saturated carbocycles. The van der Waals surface area contributed by atoms with Crippen LogP contribution in [0.25, 0.3) is 0 Å². The molecule has 6 heteroatoms. The average molecular weight is 273 g/mol. The van der Waals surface area contributed by atoms with Gasteiger partial charge in [-0.1, -0.05) is 6.42 Å². The number of alkyl carbamates (subject to hydrolysis) is 1. The number of aliphatic carboxylic acids is 1. The highest BCUT2D eigenvalue weighted by Gasteiger charge is 2.45. The van der Waals surface area contributed by atoms with Gasteiger partial charge in [0, 0.05) is 5.92 Å². The second-order valence-electron chi connectivity index (χ2n) is 6.32. The lowest BCUT2D eigenvalue weighted by molar-refractivity contribution is -0.143. The summed E-state index contributed by atoms with van der Waals surface area (Å²) in [5, 5.41) is 21.7. The highest BCUT2D eigenvalue weighted by molar-refractivity contribution is 5.80. The largest absolute Gasteiger partial charge is 0.480 e. The van der Waals surface area contributed by atoms with Crippen molar-refractivity contribution in [1.29, 1.82) is 0 Å². The highest BCUT2D eigenvalue weighted by atomic mass is 16.6. The van der Waals surface area contributed by atoms with Gasteiger partial charge in [-0.2, -0.15) is 0 Å². The van der Waals surface area contributed by atoms with Crippen LogP contribution in [0, 0.1) is 5.92 Å². The summed E-state index contributed by atoms with van der Waals surface area (Å²) in [7, 11) is 0. The minimum atomic E-state index is -1.15. The van der Waals surface area contributed by atoms with Crippen LogP contribution in [-0.2, 0) is 9.53 Å². The number of carboxylic acids is 1. The molecule has 3 unspecified atom stereocenters. The SMILES string of the molecule is CC(C)(C)OC(=O)NC(C(=O)O)C1CCCC1(C)O. The molecule has 0 radical (unpaired) electrons. The number of aliphatic hydroxyl groups is 1. The first kappa shape index (κ1) is 15.8. The maximum atomic E-state index is 11.7. The van der Waals surface area contributed by atoms with Crippen LogP contribution in [-0.4, -0.2) is 39.5 Å². The molecule has 0 saturated heterocycles. The van der Waals surface area contributed by atoms with Crippen molar-refractivity contribution in [2.24, 2.45) is 5.92 Å². The molecule has 3 atom stereocenters. The van der Waals surface area contributed by atoms with Crippen molar-refractivity contribution < 1.29 is 24.5 Å². The number of hydrogen-bond donors (Lipinski definition) is 3. The summed E-state index contributed by atoms with van der Waals surface area (Å²) in [5.74, 6) is -1.66. The summed E-state index contributed by atoms with van der Waals surface area (Å²) in [4.78, 5) is 23.0. The van der Waals surface area contributed by atoms with E-state index in [2.05, 4.69) is 5.32 Å². The lowest BCUT2D eigenvalue weighted by Gasteiger charge is -2.31. The van der Waals surface area contributed by atoms with E-state index in [1.54, 1.807) is 27.7 Å². The Balaban J connectivity index is 2.74. The average Bonchev–Trinajstić information content (AvgIpc) is 2.51. The van der Waals surface area contributed by atoms with E-state index in [1.807, 2.05) is 0 Å². The molecule has 110 valence electrons. The van der Waals surface area contributed by atoms with Crippen molar-refractivity contribution in [3.63, 3.8) is 0 Å². The second-order valence-corrected chi connectivity index (χ2v) is 6.32. The van der Waals surface area contributed by atoms with Gasteiger partial charge in [0.2, 0.25) is 0 Å². The van der Waals surface area contributed by atoms with Gasteiger partial charge < -0.3 is 20.3 Å². The molecule has 6 nitrogen and oxygen atoms in total. The fourth-order valence-electron chi connectivity index (χ4n) is 2.47. The van der Waals surface area contributed by atoms with E-state index in [-0.39, 0.29) is 0 Å². The van der Waals surface area contributed by atoms with Gasteiger partial charge >= 0.3 is 12.1 Å². The van der Waals surface area contributed by atoms with E-state index in [1.165, 1.54) is 0 Å². The predicted octanol–water partition coefficient (Wildman–Crippen LogP) is 1.52. The van der Waals surface area contributed by atoms with Crippen molar-refractivity contribution >= 4 is 12.1 Å². The molecule has 19 heavy (non-hydrogen) atoms. The number of ether oxygens (including phenoxy) is 1. The van der Waals surface area contributed by atoms with Gasteiger partial charge in [0.15, 0.2) is 0 Å². The molecule has 0 aliphatic heterocycles. The van der Waals surface area contributed by atoms with Gasteiger partial charge in [-0.3, -0.25) is 0 Å². The first-order valence-electron chi connectivity index (χ1n) is 6.47. The monoisotopic (exact) mass is 273 g/mol. The van der Waals surface area contributed by atoms with E-state index in [0.29, 0.717) is 12.8 Å². The third-order valence-corrected chi connectivity index (χ3v) is 3.34. The van der Waals surface area contributed by atoms with Gasteiger partial charge in [0.05, 0.1) is 5.60 Å². The minimum Gasteiger partial charge on any atom is -0.480 e. The molecule has 0 spiro atoms. The van der Waals surface area contributed by atoms with Crippen LogP contribution in [0.5, 0.6) is 0 Å². The first-order chi connectivity index (χ1) is 8.53. The molecule has 3 N–H and O–H groups in total. The number of nitrogens with one attached hydrogen (secondary N) is 1. The predicted molar refractivity (Wildman–Crippen MR) is 68.8 cm³/mol. The normalized spacial score (nSPS) is 28.8. The number of hydrogen-bond acceptors (Lipinski definition) is 4. The minimum absolute atomic E-state index is 0.502. The molecule has 1 aliphatic carbocycles. The lowest BCUT2D eigenvalue weighted by Crippen LogP contribution is -2.52. The van der Waals surface area contributed by atoms with E-state index in [9.17, 15) is 19.8 Å². The third-order valence-electron chi connectivity index (χ3n) is 3.34. The summed E-state index contributed by atoms with van der Waals surface area (Å²) in [5.41, 5.74) is -1.76. The summed E-state index contributed by atoms with van der Waals surface area (Å²) >= 11 is 0. The number of carbonyl (C=O) groups excluding carboxylic acids is 1. The highest BCUT2D eigenvalue weighted by Crippen LogP contribution is 2.37. The maximum absolute atomic E-state index is 11.7. The van der Waals surface area contributed by atoms with Crippen molar-refractivity contribution in [3.05, 3.63) is 0 Å². The molecule has 0 bridgehead atoms. The molecular formula is C13H23NO5. The Morgan fingerprint density at radius 3 is 2.37 bits per heavy atom. The summed E-state index contributed by atoms with van der Waals surface area (Å²) in [6.45, 7) is 6.72. The van der Waals surface area contributed by atoms with Crippen LogP contribution < -0.4 is 5.32 Å². The van der Waals surface area contributed by atoms with Crippen LogP contribution in [0.4, 0.5) is 4.79 Å². The lowest BCUT2D eigenvalue weighted by atomic mass is 9.86. The van der Waals surface area contributed by atoms with E-state index >= 15 is 0 Å². The smallest absolute Gasteiger partial charge is 0.408 e. The van der Waals surface area contributed by atoms with Crippen LogP contribution >= 0.6 is 0 Å². The molecule has 1 rings (SSSR count). The number of carboxylic acid groups (broad SMARTS) is 1. The van der Waals surface area contributed by atoms with Gasteiger partial charge in [-0.05, 0) is 40.5 Å². The molecular weight excluding hydrogens is 250 g/mol. The maximum Gasteiger partial charge on any atom is 0.408 e. The van der Waals surface area contributed by atoms with E-state index in [4.69, 9.17) is 4.74 Å². The van der Waals surface area contributed by atoms with Gasteiger partial charge in [-0.15, -0.1) is 0 Å². The van der Waals surface area contributed by atoms with Crippen molar-refractivity contribution in [2.45, 2.75) is 64.2 Å². The van der Waals surface area contributed by atoms with Crippen LogP contribution in [0.3, 0.4) is 0 Å². The molecule has 1 aliphatic rings. The van der Waals surface area contributed by atoms with Crippen molar-refractivity contribution in [1.82, 2.24) is 5.32 Å². The molecule has 0 heterocycles. The van der Waals surface area contributed by atoms with Gasteiger partial charge in [-0.25, -0.2) is 9.59 Å². The van der Waals surface area contributed by atoms with Gasteiger partial charge in [0.1, 0.15) is 11.6 Å². The Morgan fingerprint density at radius 2 is 2.00 bits per heavy atom. The quantitative estimate of drug-likeness (QED) is 0.724. The summed E-state index contributed by atoms with van der Waals surface area (Å²) in [6, 6.07) is -1.13. The van der Waals surface area contributed by atoms with Crippen molar-refractivity contribution in [2.75, 3.05) is 0 Å². The molecule has 0 aromatic heterocycles. The third kappa shape index (κ3) is 4.38. The molecule has 0 aromatic rings. The summed E-state index contributed by atoms with van der Waals surface area (Å²) < 4.78 is 5.05. The zero-order valence-electron chi connectivity index (χ0n) is 11.9. The fourth-order valence-corrected chi connectivity index (χ4v) is 2.47. The molecule has 1 fully saturated rings. The summed E-state index contributed by atoms with van der Waals surface area (Å²) in [6.07, 6.45) is 1.08.